The predicted molar refractivity (Wildman–Crippen MR) is 67.0 cm³/mol. The number of hydrogen-bond donors (Lipinski definition) is 2. The van der Waals surface area contributed by atoms with Crippen LogP contribution in [0.15, 0.2) is 43.1 Å². The number of piperazine rings is 1. The van der Waals surface area contributed by atoms with E-state index in [9.17, 15) is 9.59 Å². The van der Waals surface area contributed by atoms with Crippen molar-refractivity contribution in [3.8, 4) is 0 Å². The molecular formula is C12H12N4O4. The topological polar surface area (TPSA) is 110 Å². The van der Waals surface area contributed by atoms with Crippen LogP contribution in [-0.4, -0.2) is 23.1 Å². The highest BCUT2D eigenvalue weighted by molar-refractivity contribution is 5.01. The molecule has 2 N–H and O–H groups in total. The maximum absolute atomic E-state index is 11.2. The van der Waals surface area contributed by atoms with Crippen LogP contribution in [0, 0.1) is 0 Å². The van der Waals surface area contributed by atoms with Gasteiger partial charge < -0.3 is 14.2 Å². The zero-order valence-electron chi connectivity index (χ0n) is 10.4. The SMILES string of the molecule is O=c1ccoc(C2CNCC(c3nc(=O)cco3)N2)n1. The summed E-state index contributed by atoms with van der Waals surface area (Å²) in [4.78, 5) is 30.1. The Hall–Kier alpha value is -2.32. The van der Waals surface area contributed by atoms with Crippen molar-refractivity contribution in [1.82, 2.24) is 20.6 Å². The summed E-state index contributed by atoms with van der Waals surface area (Å²) in [7, 11) is 0. The predicted octanol–water partition coefficient (Wildman–Crippen LogP) is -0.642. The smallest absolute Gasteiger partial charge is 0.275 e. The molecule has 1 aliphatic rings. The molecule has 2 atom stereocenters. The first-order chi connectivity index (χ1) is 9.72. The van der Waals surface area contributed by atoms with Gasteiger partial charge in [0, 0.05) is 25.2 Å². The molecular weight excluding hydrogens is 264 g/mol. The molecule has 8 nitrogen and oxygen atoms in total. The second-order valence-corrected chi connectivity index (χ2v) is 4.35. The number of nitrogens with zero attached hydrogens (tertiary/aromatic N) is 2. The lowest BCUT2D eigenvalue weighted by Gasteiger charge is -2.28. The third kappa shape index (κ3) is 2.65. The van der Waals surface area contributed by atoms with Gasteiger partial charge in [0.15, 0.2) is 0 Å². The molecule has 1 saturated heterocycles. The standard InChI is InChI=1S/C12H12N4O4/c17-9-1-3-19-11(15-9)7-5-13-6-8(14-7)12-16-10(18)2-4-20-12/h1-4,7-8,13-14H,5-6H2. The Morgan fingerprint density at radius 2 is 1.45 bits per heavy atom. The van der Waals surface area contributed by atoms with Crippen molar-refractivity contribution in [2.45, 2.75) is 12.1 Å². The third-order valence-electron chi connectivity index (χ3n) is 2.94. The normalized spacial score (nSPS) is 22.6. The van der Waals surface area contributed by atoms with E-state index in [4.69, 9.17) is 8.83 Å². The maximum Gasteiger partial charge on any atom is 0.275 e. The van der Waals surface area contributed by atoms with Crippen LogP contribution in [0.25, 0.3) is 0 Å². The Labute approximate surface area is 112 Å². The largest absolute Gasteiger partial charge is 0.449 e. The quantitative estimate of drug-likeness (QED) is 0.745. The minimum atomic E-state index is -0.362. The molecule has 1 aliphatic heterocycles. The van der Waals surface area contributed by atoms with Crippen LogP contribution >= 0.6 is 0 Å². The zero-order chi connectivity index (χ0) is 13.9. The Kier molecular flexibility index (Phi) is 3.40. The molecule has 8 heteroatoms. The molecule has 0 saturated carbocycles. The molecule has 0 spiro atoms. The summed E-state index contributed by atoms with van der Waals surface area (Å²) in [5.74, 6) is 0.570. The van der Waals surface area contributed by atoms with Crippen molar-refractivity contribution in [2.24, 2.45) is 0 Å². The van der Waals surface area contributed by atoms with Gasteiger partial charge >= 0.3 is 0 Å². The highest BCUT2D eigenvalue weighted by Gasteiger charge is 2.28. The van der Waals surface area contributed by atoms with Gasteiger partial charge in [-0.2, -0.15) is 9.97 Å². The van der Waals surface area contributed by atoms with E-state index in [1.807, 2.05) is 0 Å². The molecule has 2 aromatic heterocycles. The van der Waals surface area contributed by atoms with Gasteiger partial charge in [-0.25, -0.2) is 0 Å². The van der Waals surface area contributed by atoms with Gasteiger partial charge in [0.2, 0.25) is 11.8 Å². The number of nitrogens with one attached hydrogen (secondary N) is 2. The number of hydrogen-bond acceptors (Lipinski definition) is 8. The van der Waals surface area contributed by atoms with Gasteiger partial charge in [0.25, 0.3) is 11.1 Å². The van der Waals surface area contributed by atoms with Gasteiger partial charge in [0.05, 0.1) is 24.6 Å². The van der Waals surface area contributed by atoms with Crippen molar-refractivity contribution in [3.05, 3.63) is 57.1 Å². The molecule has 2 unspecified atom stereocenters. The Bertz CT molecular complexity index is 651. The van der Waals surface area contributed by atoms with Gasteiger partial charge in [-0.15, -0.1) is 0 Å². The van der Waals surface area contributed by atoms with Crippen LogP contribution in [0.1, 0.15) is 23.9 Å². The summed E-state index contributed by atoms with van der Waals surface area (Å²) in [5.41, 5.74) is -0.723. The fourth-order valence-corrected chi connectivity index (χ4v) is 2.04. The van der Waals surface area contributed by atoms with Crippen LogP contribution in [0.3, 0.4) is 0 Å². The third-order valence-corrected chi connectivity index (χ3v) is 2.94. The minimum Gasteiger partial charge on any atom is -0.449 e. The van der Waals surface area contributed by atoms with Crippen molar-refractivity contribution in [3.63, 3.8) is 0 Å². The molecule has 104 valence electrons. The summed E-state index contributed by atoms with van der Waals surface area (Å²) < 4.78 is 10.5. The molecule has 2 aromatic rings. The Balaban J connectivity index is 1.83. The van der Waals surface area contributed by atoms with Gasteiger partial charge in [-0.1, -0.05) is 0 Å². The number of rotatable bonds is 2. The van der Waals surface area contributed by atoms with Crippen LogP contribution in [-0.2, 0) is 0 Å². The molecule has 1 fully saturated rings. The number of aromatic nitrogens is 2. The zero-order valence-corrected chi connectivity index (χ0v) is 10.4. The lowest BCUT2D eigenvalue weighted by atomic mass is 10.1. The molecule has 0 bridgehead atoms. The lowest BCUT2D eigenvalue weighted by Crippen LogP contribution is -2.46. The fraction of sp³-hybridized carbons (Fsp3) is 0.333. The lowest BCUT2D eigenvalue weighted by molar-refractivity contribution is 0.259. The minimum absolute atomic E-state index is 0.285. The van der Waals surface area contributed by atoms with Crippen molar-refractivity contribution in [2.75, 3.05) is 13.1 Å². The summed E-state index contributed by atoms with van der Waals surface area (Å²) >= 11 is 0. The Morgan fingerprint density at radius 1 is 0.950 bits per heavy atom. The van der Waals surface area contributed by atoms with Crippen LogP contribution in [0.2, 0.25) is 0 Å². The summed E-state index contributed by atoms with van der Waals surface area (Å²) in [5, 5.41) is 6.34. The van der Waals surface area contributed by atoms with E-state index < -0.39 is 0 Å². The average Bonchev–Trinajstić information content (AvgIpc) is 2.47. The van der Waals surface area contributed by atoms with Gasteiger partial charge in [0.1, 0.15) is 0 Å². The van der Waals surface area contributed by atoms with E-state index in [1.54, 1.807) is 0 Å². The highest BCUT2D eigenvalue weighted by atomic mass is 16.3. The fourth-order valence-electron chi connectivity index (χ4n) is 2.04. The molecule has 0 radical (unpaired) electrons. The molecule has 3 heterocycles. The first kappa shape index (κ1) is 12.7. The second kappa shape index (κ2) is 5.35. The van der Waals surface area contributed by atoms with E-state index in [0.29, 0.717) is 13.1 Å². The summed E-state index contributed by atoms with van der Waals surface area (Å²) in [6.45, 7) is 1.10. The second-order valence-electron chi connectivity index (χ2n) is 4.35. The first-order valence-electron chi connectivity index (χ1n) is 6.10. The van der Waals surface area contributed by atoms with E-state index in [2.05, 4.69) is 20.6 Å². The van der Waals surface area contributed by atoms with Crippen LogP contribution in [0.4, 0.5) is 0 Å². The highest BCUT2D eigenvalue weighted by Crippen LogP contribution is 2.18. The van der Waals surface area contributed by atoms with E-state index >= 15 is 0 Å². The van der Waals surface area contributed by atoms with Crippen molar-refractivity contribution >= 4 is 0 Å². The van der Waals surface area contributed by atoms with Gasteiger partial charge in [-0.3, -0.25) is 14.9 Å². The molecule has 3 rings (SSSR count). The van der Waals surface area contributed by atoms with Crippen molar-refractivity contribution in [1.29, 1.82) is 0 Å². The average molecular weight is 276 g/mol. The summed E-state index contributed by atoms with van der Waals surface area (Å²) in [6, 6.07) is 1.90. The van der Waals surface area contributed by atoms with Crippen molar-refractivity contribution < 1.29 is 8.83 Å². The summed E-state index contributed by atoms with van der Waals surface area (Å²) in [6.07, 6.45) is 2.60. The monoisotopic (exact) mass is 276 g/mol. The van der Waals surface area contributed by atoms with Crippen LogP contribution < -0.4 is 21.8 Å². The van der Waals surface area contributed by atoms with Crippen LogP contribution in [0.5, 0.6) is 0 Å². The molecule has 0 aromatic carbocycles. The molecule has 0 amide bonds. The van der Waals surface area contributed by atoms with E-state index in [1.165, 1.54) is 24.7 Å². The molecule has 0 aliphatic carbocycles. The first-order valence-corrected chi connectivity index (χ1v) is 6.10. The maximum atomic E-state index is 11.2. The van der Waals surface area contributed by atoms with Gasteiger partial charge in [-0.05, 0) is 0 Å². The van der Waals surface area contributed by atoms with E-state index in [-0.39, 0.29) is 35.0 Å². The Morgan fingerprint density at radius 3 is 1.90 bits per heavy atom. The molecule has 20 heavy (non-hydrogen) atoms. The van der Waals surface area contributed by atoms with E-state index in [0.717, 1.165) is 0 Å².